The van der Waals surface area contributed by atoms with Crippen LogP contribution in [0.1, 0.15) is 47.2 Å². The van der Waals surface area contributed by atoms with E-state index in [0.717, 1.165) is 17.7 Å². The first-order valence-corrected chi connectivity index (χ1v) is 11.3. The van der Waals surface area contributed by atoms with Crippen LogP contribution >= 0.6 is 11.3 Å². The maximum absolute atomic E-state index is 15.7. The van der Waals surface area contributed by atoms with E-state index in [-0.39, 0.29) is 53.2 Å². The second-order valence-corrected chi connectivity index (χ2v) is 9.61. The lowest BCUT2D eigenvalue weighted by atomic mass is 9.84. The van der Waals surface area contributed by atoms with Crippen molar-refractivity contribution >= 4 is 22.2 Å². The van der Waals surface area contributed by atoms with Crippen LogP contribution in [-0.4, -0.2) is 29.1 Å². The summed E-state index contributed by atoms with van der Waals surface area (Å²) in [6, 6.07) is 1.45. The number of halogens is 3. The molecule has 2 aromatic heterocycles. The van der Waals surface area contributed by atoms with Gasteiger partial charge in [-0.25, -0.2) is 18.0 Å². The van der Waals surface area contributed by atoms with E-state index in [9.17, 15) is 18.4 Å². The number of rotatable bonds is 4. The number of hydrogen-bond donors (Lipinski definition) is 2. The number of hydrogen-bond acceptors (Lipinski definition) is 5. The van der Waals surface area contributed by atoms with E-state index < -0.39 is 28.9 Å². The minimum absolute atomic E-state index is 0.0577. The third-order valence-electron chi connectivity index (χ3n) is 6.52. The lowest BCUT2D eigenvalue weighted by Crippen LogP contribution is -2.35. The molecule has 5 rings (SSSR count). The Morgan fingerprint density at radius 2 is 2.06 bits per heavy atom. The van der Waals surface area contributed by atoms with Crippen molar-refractivity contribution in [2.24, 2.45) is 5.73 Å². The molecule has 0 saturated heterocycles. The number of H-pyrrole nitrogens is 1. The summed E-state index contributed by atoms with van der Waals surface area (Å²) in [6.45, 7) is 1.26. The molecule has 3 aromatic rings. The van der Waals surface area contributed by atoms with Gasteiger partial charge in [-0.3, -0.25) is 14.3 Å². The number of nitrogens with two attached hydrogens (primary N) is 1. The van der Waals surface area contributed by atoms with Crippen LogP contribution in [0.3, 0.4) is 0 Å². The van der Waals surface area contributed by atoms with Crippen molar-refractivity contribution in [2.45, 2.75) is 50.5 Å². The number of benzene rings is 1. The maximum Gasteiger partial charge on any atom is 0.329 e. The smallest absolute Gasteiger partial charge is 0.329 e. The van der Waals surface area contributed by atoms with E-state index in [0.29, 0.717) is 10.4 Å². The summed E-state index contributed by atoms with van der Waals surface area (Å²) in [6.07, 6.45) is 1.38. The first-order chi connectivity index (χ1) is 15.2. The summed E-state index contributed by atoms with van der Waals surface area (Å²) in [5.41, 5.74) is 5.24. The van der Waals surface area contributed by atoms with Gasteiger partial charge in [-0.15, -0.1) is 11.3 Å². The molecule has 1 atom stereocenters. The van der Waals surface area contributed by atoms with Gasteiger partial charge in [0.15, 0.2) is 5.75 Å². The number of alkyl halides is 2. The molecule has 0 spiro atoms. The number of methoxy groups -OCH3 is 1. The van der Waals surface area contributed by atoms with Crippen LogP contribution in [0.15, 0.2) is 15.7 Å². The predicted molar refractivity (Wildman–Crippen MR) is 117 cm³/mol. The fraction of sp³-hybridized carbons (Fsp3) is 0.455. The van der Waals surface area contributed by atoms with Crippen LogP contribution in [-0.2, 0) is 6.42 Å². The van der Waals surface area contributed by atoms with Crippen LogP contribution in [0.4, 0.5) is 13.2 Å². The van der Waals surface area contributed by atoms with Crippen LogP contribution in [0, 0.1) is 12.7 Å². The van der Waals surface area contributed by atoms with Gasteiger partial charge in [0.25, 0.3) is 11.5 Å². The molecular formula is C22H22F3N3O3S. The lowest BCUT2D eigenvalue weighted by molar-refractivity contribution is -0.0381. The number of aromatic amines is 1. The largest absolute Gasteiger partial charge is 0.494 e. The van der Waals surface area contributed by atoms with Gasteiger partial charge in [-0.05, 0) is 37.8 Å². The van der Waals surface area contributed by atoms with Gasteiger partial charge >= 0.3 is 5.69 Å². The Labute approximate surface area is 184 Å². The molecule has 0 radical (unpaired) electrons. The van der Waals surface area contributed by atoms with Crippen molar-refractivity contribution in [1.82, 2.24) is 9.55 Å². The summed E-state index contributed by atoms with van der Waals surface area (Å²) in [7, 11) is 1.35. The SMILES string of the molecule is COc1c(-c2cc3c(s2)CCC(F)(F)C3CN)c(F)c(C)c2c(=O)[nH]c(=O)n(C3CC3)c12. The number of ether oxygens (including phenoxy) is 1. The van der Waals surface area contributed by atoms with Crippen molar-refractivity contribution in [1.29, 1.82) is 0 Å². The zero-order valence-corrected chi connectivity index (χ0v) is 18.4. The molecule has 1 aromatic carbocycles. The van der Waals surface area contributed by atoms with E-state index in [4.69, 9.17) is 10.5 Å². The van der Waals surface area contributed by atoms with E-state index >= 15 is 4.39 Å². The zero-order chi connectivity index (χ0) is 22.9. The molecule has 10 heteroatoms. The molecule has 170 valence electrons. The normalized spacial score (nSPS) is 19.9. The van der Waals surface area contributed by atoms with Gasteiger partial charge in [0.2, 0.25) is 0 Å². The fourth-order valence-electron chi connectivity index (χ4n) is 4.77. The number of nitrogens with one attached hydrogen (secondary N) is 1. The van der Waals surface area contributed by atoms with E-state index in [2.05, 4.69) is 4.98 Å². The Morgan fingerprint density at radius 3 is 2.69 bits per heavy atom. The summed E-state index contributed by atoms with van der Waals surface area (Å²) >= 11 is 1.23. The molecule has 6 nitrogen and oxygen atoms in total. The van der Waals surface area contributed by atoms with Gasteiger partial charge in [-0.1, -0.05) is 0 Å². The van der Waals surface area contributed by atoms with Gasteiger partial charge in [-0.2, -0.15) is 0 Å². The Morgan fingerprint density at radius 1 is 1.34 bits per heavy atom. The minimum Gasteiger partial charge on any atom is -0.494 e. The highest BCUT2D eigenvalue weighted by Gasteiger charge is 2.45. The lowest BCUT2D eigenvalue weighted by Gasteiger charge is -2.30. The average molecular weight is 465 g/mol. The summed E-state index contributed by atoms with van der Waals surface area (Å²) in [5, 5.41) is 0.0577. The second-order valence-electron chi connectivity index (χ2n) is 8.47. The van der Waals surface area contributed by atoms with Gasteiger partial charge < -0.3 is 10.5 Å². The van der Waals surface area contributed by atoms with Gasteiger partial charge in [0.1, 0.15) is 11.3 Å². The van der Waals surface area contributed by atoms with Crippen LogP contribution < -0.4 is 21.7 Å². The summed E-state index contributed by atoms with van der Waals surface area (Å²) in [4.78, 5) is 28.7. The Hall–Kier alpha value is -2.59. The molecule has 1 saturated carbocycles. The van der Waals surface area contributed by atoms with Crippen molar-refractivity contribution in [2.75, 3.05) is 13.7 Å². The van der Waals surface area contributed by atoms with Crippen LogP contribution in [0.5, 0.6) is 5.75 Å². The zero-order valence-electron chi connectivity index (χ0n) is 17.6. The fourth-order valence-corrected chi connectivity index (χ4v) is 6.03. The van der Waals surface area contributed by atoms with Crippen molar-refractivity contribution in [3.63, 3.8) is 0 Å². The molecule has 2 aliphatic rings. The van der Waals surface area contributed by atoms with E-state index in [1.165, 1.54) is 29.9 Å². The molecule has 1 unspecified atom stereocenters. The van der Waals surface area contributed by atoms with E-state index in [1.54, 1.807) is 6.07 Å². The molecular weight excluding hydrogens is 443 g/mol. The maximum atomic E-state index is 15.7. The molecule has 0 amide bonds. The molecule has 32 heavy (non-hydrogen) atoms. The number of aromatic nitrogens is 2. The highest BCUT2D eigenvalue weighted by molar-refractivity contribution is 7.15. The van der Waals surface area contributed by atoms with Crippen LogP contribution in [0.2, 0.25) is 0 Å². The molecule has 0 bridgehead atoms. The Balaban J connectivity index is 1.85. The molecule has 2 heterocycles. The number of fused-ring (bicyclic) bond motifs is 2. The summed E-state index contributed by atoms with van der Waals surface area (Å²) < 4.78 is 51.6. The van der Waals surface area contributed by atoms with Crippen LogP contribution in [0.25, 0.3) is 21.3 Å². The van der Waals surface area contributed by atoms with Crippen molar-refractivity contribution < 1.29 is 17.9 Å². The second kappa shape index (κ2) is 7.21. The molecule has 3 N–H and O–H groups in total. The topological polar surface area (TPSA) is 90.1 Å². The first kappa shape index (κ1) is 21.3. The predicted octanol–water partition coefficient (Wildman–Crippen LogP) is 3.83. The quantitative estimate of drug-likeness (QED) is 0.613. The number of aryl methyl sites for hydroxylation is 2. The Bertz CT molecular complexity index is 1370. The molecule has 2 aliphatic carbocycles. The first-order valence-electron chi connectivity index (χ1n) is 10.4. The third-order valence-corrected chi connectivity index (χ3v) is 7.75. The highest BCUT2D eigenvalue weighted by atomic mass is 32.1. The van der Waals surface area contributed by atoms with E-state index in [1.807, 2.05) is 0 Å². The number of nitrogens with zero attached hydrogens (tertiary/aromatic N) is 1. The van der Waals surface area contributed by atoms with Crippen molar-refractivity contribution in [3.05, 3.63) is 48.7 Å². The highest BCUT2D eigenvalue weighted by Crippen LogP contribution is 2.50. The average Bonchev–Trinajstić information content (AvgIpc) is 3.48. The molecule has 0 aliphatic heterocycles. The monoisotopic (exact) mass is 465 g/mol. The number of thiophene rings is 1. The van der Waals surface area contributed by atoms with Crippen molar-refractivity contribution in [3.8, 4) is 16.2 Å². The minimum atomic E-state index is -2.93. The van der Waals surface area contributed by atoms with Gasteiger partial charge in [0.05, 0.1) is 24.0 Å². The summed E-state index contributed by atoms with van der Waals surface area (Å²) in [5.74, 6) is -4.68. The third kappa shape index (κ3) is 2.96. The Kier molecular flexibility index (Phi) is 4.79. The standard InChI is InChI=1S/C22H22F3N3O3S/c1-9-15-18(28(10-3-4-10)21(30)27-20(15)29)19(31-2)16(17(9)23)14-7-11-12(8-26)22(24,25)6-5-13(11)32-14/h7,10,12H,3-6,8,26H2,1-2H3,(H,27,29,30). The van der Waals surface area contributed by atoms with Gasteiger partial charge in [0, 0.05) is 34.3 Å². The molecule has 1 fully saturated rings.